The summed E-state index contributed by atoms with van der Waals surface area (Å²) in [6.07, 6.45) is 4.02. The molecule has 1 saturated heterocycles. The van der Waals surface area contributed by atoms with Crippen LogP contribution in [-0.4, -0.2) is 19.1 Å². The molecule has 0 bridgehead atoms. The number of nitrogens with one attached hydrogen (secondary N) is 1. The highest BCUT2D eigenvalue weighted by Gasteiger charge is 2.21. The van der Waals surface area contributed by atoms with Gasteiger partial charge in [0.2, 0.25) is 0 Å². The molecule has 0 spiro atoms. The molecule has 1 aromatic carbocycles. The summed E-state index contributed by atoms with van der Waals surface area (Å²) in [5, 5.41) is 3.57. The first-order valence-electron chi connectivity index (χ1n) is 6.99. The SMILES string of the molecule is CC1CCN(c2ccc(CNC3CC3)c(Br)c2)C1. The summed E-state index contributed by atoms with van der Waals surface area (Å²) in [4.78, 5) is 2.49. The number of halogens is 1. The minimum absolute atomic E-state index is 0.774. The van der Waals surface area contributed by atoms with Gasteiger partial charge in [0.25, 0.3) is 0 Å². The van der Waals surface area contributed by atoms with Crippen LogP contribution in [0.5, 0.6) is 0 Å². The van der Waals surface area contributed by atoms with Gasteiger partial charge in [0.05, 0.1) is 0 Å². The molecule has 3 rings (SSSR count). The lowest BCUT2D eigenvalue weighted by atomic mass is 10.2. The Labute approximate surface area is 118 Å². The zero-order valence-electron chi connectivity index (χ0n) is 11.0. The van der Waals surface area contributed by atoms with Crippen LogP contribution < -0.4 is 10.2 Å². The van der Waals surface area contributed by atoms with E-state index in [2.05, 4.69) is 51.3 Å². The van der Waals surface area contributed by atoms with E-state index in [0.29, 0.717) is 0 Å². The van der Waals surface area contributed by atoms with Gasteiger partial charge in [-0.15, -0.1) is 0 Å². The summed E-state index contributed by atoms with van der Waals surface area (Å²) in [6, 6.07) is 7.59. The van der Waals surface area contributed by atoms with Gasteiger partial charge in [0.1, 0.15) is 0 Å². The van der Waals surface area contributed by atoms with E-state index in [9.17, 15) is 0 Å². The van der Waals surface area contributed by atoms with Crippen molar-refractivity contribution in [1.29, 1.82) is 0 Å². The van der Waals surface area contributed by atoms with Crippen LogP contribution in [0.25, 0.3) is 0 Å². The van der Waals surface area contributed by atoms with E-state index >= 15 is 0 Å². The molecule has 0 radical (unpaired) electrons. The molecule has 2 nitrogen and oxygen atoms in total. The molecule has 1 aromatic rings. The van der Waals surface area contributed by atoms with E-state index in [0.717, 1.165) is 18.5 Å². The van der Waals surface area contributed by atoms with Gasteiger partial charge in [0.15, 0.2) is 0 Å². The summed E-state index contributed by atoms with van der Waals surface area (Å²) in [5.74, 6) is 0.833. The molecule has 0 amide bonds. The predicted octanol–water partition coefficient (Wildman–Crippen LogP) is 3.55. The molecule has 0 aromatic heterocycles. The van der Waals surface area contributed by atoms with Gasteiger partial charge < -0.3 is 10.2 Å². The Hall–Kier alpha value is -0.540. The number of benzene rings is 1. The van der Waals surface area contributed by atoms with Crippen molar-refractivity contribution in [3.63, 3.8) is 0 Å². The Balaban J connectivity index is 1.67. The van der Waals surface area contributed by atoms with Gasteiger partial charge in [-0.25, -0.2) is 0 Å². The topological polar surface area (TPSA) is 15.3 Å². The second-order valence-electron chi connectivity index (χ2n) is 5.77. The van der Waals surface area contributed by atoms with Gasteiger partial charge in [0, 0.05) is 35.8 Å². The molecule has 3 heteroatoms. The Morgan fingerprint density at radius 2 is 2.17 bits per heavy atom. The smallest absolute Gasteiger partial charge is 0.0377 e. The highest BCUT2D eigenvalue weighted by atomic mass is 79.9. The van der Waals surface area contributed by atoms with Crippen molar-refractivity contribution in [2.75, 3.05) is 18.0 Å². The number of hydrogen-bond donors (Lipinski definition) is 1. The van der Waals surface area contributed by atoms with E-state index in [1.165, 1.54) is 48.1 Å². The first kappa shape index (κ1) is 12.5. The Kier molecular flexibility index (Phi) is 3.62. The summed E-state index contributed by atoms with van der Waals surface area (Å²) in [6.45, 7) is 5.73. The maximum Gasteiger partial charge on any atom is 0.0377 e. The van der Waals surface area contributed by atoms with E-state index in [1.54, 1.807) is 0 Å². The molecule has 1 saturated carbocycles. The van der Waals surface area contributed by atoms with Gasteiger partial charge in [-0.2, -0.15) is 0 Å². The summed E-state index contributed by atoms with van der Waals surface area (Å²) >= 11 is 3.71. The molecule has 1 aliphatic carbocycles. The molecular formula is C15H21BrN2. The molecule has 18 heavy (non-hydrogen) atoms. The maximum atomic E-state index is 3.71. The Bertz CT molecular complexity index is 429. The van der Waals surface area contributed by atoms with Crippen LogP contribution in [0.15, 0.2) is 22.7 Å². The van der Waals surface area contributed by atoms with Crippen molar-refractivity contribution in [2.45, 2.75) is 38.8 Å². The number of hydrogen-bond acceptors (Lipinski definition) is 2. The fraction of sp³-hybridized carbons (Fsp3) is 0.600. The van der Waals surface area contributed by atoms with Gasteiger partial charge in [-0.3, -0.25) is 0 Å². The third-order valence-electron chi connectivity index (χ3n) is 3.98. The zero-order chi connectivity index (χ0) is 12.5. The molecule has 1 unspecified atom stereocenters. The van der Waals surface area contributed by atoms with Crippen molar-refractivity contribution >= 4 is 21.6 Å². The molecule has 1 aliphatic heterocycles. The van der Waals surface area contributed by atoms with E-state index in [-0.39, 0.29) is 0 Å². The fourth-order valence-corrected chi connectivity index (χ4v) is 3.09. The molecule has 2 fully saturated rings. The molecular weight excluding hydrogens is 288 g/mol. The summed E-state index contributed by atoms with van der Waals surface area (Å²) < 4.78 is 1.24. The predicted molar refractivity (Wildman–Crippen MR) is 80.0 cm³/mol. The zero-order valence-corrected chi connectivity index (χ0v) is 12.5. The highest BCUT2D eigenvalue weighted by Crippen LogP contribution is 2.29. The van der Waals surface area contributed by atoms with Crippen LogP contribution in [0.2, 0.25) is 0 Å². The standard InChI is InChI=1S/C15H21BrN2/c1-11-6-7-18(10-11)14-5-2-12(15(16)8-14)9-17-13-3-4-13/h2,5,8,11,13,17H,3-4,6-7,9-10H2,1H3. The molecule has 1 heterocycles. The molecule has 1 atom stereocenters. The van der Waals surface area contributed by atoms with Crippen LogP contribution in [0.3, 0.4) is 0 Å². The first-order valence-corrected chi connectivity index (χ1v) is 7.78. The van der Waals surface area contributed by atoms with Crippen molar-refractivity contribution < 1.29 is 0 Å². The first-order chi connectivity index (χ1) is 8.72. The largest absolute Gasteiger partial charge is 0.371 e. The second kappa shape index (κ2) is 5.22. The van der Waals surface area contributed by atoms with Crippen molar-refractivity contribution in [3.05, 3.63) is 28.2 Å². The summed E-state index contributed by atoms with van der Waals surface area (Å²) in [5.41, 5.74) is 2.74. The lowest BCUT2D eigenvalue weighted by molar-refractivity contribution is 0.659. The van der Waals surface area contributed by atoms with E-state index < -0.39 is 0 Å². The number of nitrogens with zero attached hydrogens (tertiary/aromatic N) is 1. The molecule has 1 N–H and O–H groups in total. The minimum Gasteiger partial charge on any atom is -0.371 e. The average Bonchev–Trinajstić information content (AvgIpc) is 3.08. The fourth-order valence-electron chi connectivity index (χ4n) is 2.59. The average molecular weight is 309 g/mol. The highest BCUT2D eigenvalue weighted by molar-refractivity contribution is 9.10. The van der Waals surface area contributed by atoms with Crippen LogP contribution in [-0.2, 0) is 6.54 Å². The Morgan fingerprint density at radius 1 is 1.33 bits per heavy atom. The monoisotopic (exact) mass is 308 g/mol. The maximum absolute atomic E-state index is 3.71. The van der Waals surface area contributed by atoms with Crippen LogP contribution >= 0.6 is 15.9 Å². The van der Waals surface area contributed by atoms with Gasteiger partial charge in [-0.05, 0) is 42.9 Å². The van der Waals surface area contributed by atoms with Crippen molar-refractivity contribution in [1.82, 2.24) is 5.32 Å². The van der Waals surface area contributed by atoms with Crippen LogP contribution in [0.4, 0.5) is 5.69 Å². The van der Waals surface area contributed by atoms with E-state index in [1.807, 2.05) is 0 Å². The van der Waals surface area contributed by atoms with E-state index in [4.69, 9.17) is 0 Å². The van der Waals surface area contributed by atoms with Gasteiger partial charge in [-0.1, -0.05) is 28.9 Å². The van der Waals surface area contributed by atoms with Crippen molar-refractivity contribution in [3.8, 4) is 0 Å². The van der Waals surface area contributed by atoms with Crippen LogP contribution in [0.1, 0.15) is 31.7 Å². The van der Waals surface area contributed by atoms with Crippen molar-refractivity contribution in [2.24, 2.45) is 5.92 Å². The third-order valence-corrected chi connectivity index (χ3v) is 4.72. The normalized spacial score (nSPS) is 23.7. The number of rotatable bonds is 4. The lowest BCUT2D eigenvalue weighted by Crippen LogP contribution is -2.19. The Morgan fingerprint density at radius 3 is 2.78 bits per heavy atom. The minimum atomic E-state index is 0.774. The summed E-state index contributed by atoms with van der Waals surface area (Å²) in [7, 11) is 0. The molecule has 98 valence electrons. The van der Waals surface area contributed by atoms with Crippen LogP contribution in [0, 0.1) is 5.92 Å². The number of anilines is 1. The van der Waals surface area contributed by atoms with Gasteiger partial charge >= 0.3 is 0 Å². The third kappa shape index (κ3) is 2.89. The lowest BCUT2D eigenvalue weighted by Gasteiger charge is -2.19. The quantitative estimate of drug-likeness (QED) is 0.915. The second-order valence-corrected chi connectivity index (χ2v) is 6.63. The molecule has 2 aliphatic rings.